The zero-order valence-electron chi connectivity index (χ0n) is 12.7. The van der Waals surface area contributed by atoms with Crippen molar-refractivity contribution in [3.63, 3.8) is 0 Å². The van der Waals surface area contributed by atoms with Gasteiger partial charge in [-0.15, -0.1) is 0 Å². The fraction of sp³-hybridized carbons (Fsp3) is 0.733. The number of aryl methyl sites for hydroxylation is 1. The third-order valence-electron chi connectivity index (χ3n) is 4.43. The lowest BCUT2D eigenvalue weighted by molar-refractivity contribution is -0.145. The molecule has 2 saturated heterocycles. The topological polar surface area (TPSA) is 47.4 Å². The Hall–Kier alpha value is -1.50. The van der Waals surface area contributed by atoms with Gasteiger partial charge in [0.25, 0.3) is 5.92 Å². The summed E-state index contributed by atoms with van der Waals surface area (Å²) in [6.45, 7) is 2.96. The van der Waals surface area contributed by atoms with E-state index >= 15 is 0 Å². The van der Waals surface area contributed by atoms with Gasteiger partial charge in [-0.25, -0.2) is 8.78 Å². The van der Waals surface area contributed by atoms with Crippen LogP contribution >= 0.6 is 0 Å². The van der Waals surface area contributed by atoms with Gasteiger partial charge < -0.3 is 9.64 Å². The van der Waals surface area contributed by atoms with E-state index in [4.69, 9.17) is 4.74 Å². The highest BCUT2D eigenvalue weighted by atomic mass is 19.3. The molecule has 1 amide bonds. The van der Waals surface area contributed by atoms with Crippen LogP contribution in [-0.2, 0) is 16.1 Å². The summed E-state index contributed by atoms with van der Waals surface area (Å²) < 4.78 is 34.3. The Bertz CT molecular complexity index is 547. The minimum atomic E-state index is -2.76. The molecule has 7 heteroatoms. The summed E-state index contributed by atoms with van der Waals surface area (Å²) in [4.78, 5) is 13.9. The van der Waals surface area contributed by atoms with Crippen molar-refractivity contribution in [2.45, 2.75) is 44.8 Å². The van der Waals surface area contributed by atoms with Crippen LogP contribution in [0.1, 0.15) is 37.9 Å². The average Bonchev–Trinajstić information content (AvgIpc) is 3.12. The van der Waals surface area contributed by atoms with Gasteiger partial charge in [-0.2, -0.15) is 5.10 Å². The molecule has 22 heavy (non-hydrogen) atoms. The summed E-state index contributed by atoms with van der Waals surface area (Å²) in [5.41, 5.74) is 0.853. The quantitative estimate of drug-likeness (QED) is 0.860. The Kier molecular flexibility index (Phi) is 4.16. The molecule has 2 atom stereocenters. The molecule has 3 heterocycles. The molecule has 0 aromatic carbocycles. The van der Waals surface area contributed by atoms with Crippen molar-refractivity contribution in [1.82, 2.24) is 14.7 Å². The molecule has 0 saturated carbocycles. The van der Waals surface area contributed by atoms with Gasteiger partial charge in [0.2, 0.25) is 5.91 Å². The number of alkyl halides is 2. The van der Waals surface area contributed by atoms with Crippen LogP contribution in [0.4, 0.5) is 8.78 Å². The number of rotatable bonds is 3. The second kappa shape index (κ2) is 5.95. The monoisotopic (exact) mass is 313 g/mol. The number of halogens is 2. The molecule has 1 aromatic heterocycles. The van der Waals surface area contributed by atoms with Gasteiger partial charge in [-0.3, -0.25) is 9.48 Å². The summed E-state index contributed by atoms with van der Waals surface area (Å²) in [5, 5.41) is 4.22. The first-order chi connectivity index (χ1) is 10.5. The predicted molar refractivity (Wildman–Crippen MR) is 75.5 cm³/mol. The maximum absolute atomic E-state index is 13.4. The van der Waals surface area contributed by atoms with Crippen LogP contribution in [0.5, 0.6) is 0 Å². The SMILES string of the molecule is CCn1cc([C@@H]2OCCC[C@H]2C(=O)N2CCC(F)(F)C2)cn1. The number of aromatic nitrogens is 2. The van der Waals surface area contributed by atoms with Crippen LogP contribution in [0.2, 0.25) is 0 Å². The number of hydrogen-bond acceptors (Lipinski definition) is 3. The Labute approximate surface area is 128 Å². The van der Waals surface area contributed by atoms with Crippen LogP contribution < -0.4 is 0 Å². The highest BCUT2D eigenvalue weighted by Gasteiger charge is 2.44. The molecule has 5 nitrogen and oxygen atoms in total. The zero-order valence-corrected chi connectivity index (χ0v) is 12.7. The van der Waals surface area contributed by atoms with Gasteiger partial charge >= 0.3 is 0 Å². The molecule has 0 N–H and O–H groups in total. The molecule has 0 unspecified atom stereocenters. The summed E-state index contributed by atoms with van der Waals surface area (Å²) in [6.07, 6.45) is 4.40. The first kappa shape index (κ1) is 15.4. The molecule has 3 rings (SSSR count). The van der Waals surface area contributed by atoms with Crippen molar-refractivity contribution >= 4 is 5.91 Å². The molecule has 2 aliphatic heterocycles. The summed E-state index contributed by atoms with van der Waals surface area (Å²) >= 11 is 0. The molecule has 0 aliphatic carbocycles. The van der Waals surface area contributed by atoms with Gasteiger partial charge in [0.1, 0.15) is 0 Å². The molecule has 0 spiro atoms. The first-order valence-electron chi connectivity index (χ1n) is 7.81. The summed E-state index contributed by atoms with van der Waals surface area (Å²) in [6, 6.07) is 0. The number of hydrogen-bond donors (Lipinski definition) is 0. The lowest BCUT2D eigenvalue weighted by Crippen LogP contribution is -2.40. The van der Waals surface area contributed by atoms with E-state index in [2.05, 4.69) is 5.10 Å². The lowest BCUT2D eigenvalue weighted by Gasteiger charge is -2.32. The average molecular weight is 313 g/mol. The van der Waals surface area contributed by atoms with Crippen LogP contribution in [0.3, 0.4) is 0 Å². The second-order valence-corrected chi connectivity index (χ2v) is 6.04. The van der Waals surface area contributed by atoms with E-state index in [1.165, 1.54) is 4.90 Å². The van der Waals surface area contributed by atoms with Crippen molar-refractivity contribution in [1.29, 1.82) is 0 Å². The third kappa shape index (κ3) is 2.99. The van der Waals surface area contributed by atoms with Crippen LogP contribution in [0.15, 0.2) is 12.4 Å². The highest BCUT2D eigenvalue weighted by molar-refractivity contribution is 5.80. The molecule has 0 bridgehead atoms. The maximum Gasteiger partial charge on any atom is 0.267 e. The number of amides is 1. The van der Waals surface area contributed by atoms with E-state index < -0.39 is 18.4 Å². The summed E-state index contributed by atoms with van der Waals surface area (Å²) in [5.74, 6) is -3.36. The Morgan fingerprint density at radius 2 is 2.36 bits per heavy atom. The van der Waals surface area contributed by atoms with Gasteiger partial charge in [0, 0.05) is 37.9 Å². The van der Waals surface area contributed by atoms with Gasteiger partial charge in [0.05, 0.1) is 24.8 Å². The summed E-state index contributed by atoms with van der Waals surface area (Å²) in [7, 11) is 0. The van der Waals surface area contributed by atoms with Crippen LogP contribution in [-0.4, -0.2) is 46.2 Å². The first-order valence-corrected chi connectivity index (χ1v) is 7.81. The van der Waals surface area contributed by atoms with Crippen LogP contribution in [0, 0.1) is 5.92 Å². The zero-order chi connectivity index (χ0) is 15.7. The number of ether oxygens (including phenoxy) is 1. The van der Waals surface area contributed by atoms with Gasteiger partial charge in [-0.1, -0.05) is 0 Å². The largest absolute Gasteiger partial charge is 0.373 e. The van der Waals surface area contributed by atoms with Crippen molar-refractivity contribution in [3.8, 4) is 0 Å². The maximum atomic E-state index is 13.4. The van der Waals surface area contributed by atoms with E-state index in [0.717, 1.165) is 18.5 Å². The fourth-order valence-corrected chi connectivity index (χ4v) is 3.22. The van der Waals surface area contributed by atoms with E-state index in [-0.39, 0.29) is 25.0 Å². The number of carbonyl (C=O) groups is 1. The Morgan fingerprint density at radius 3 is 3.00 bits per heavy atom. The Balaban J connectivity index is 1.76. The number of nitrogens with zero attached hydrogens (tertiary/aromatic N) is 3. The highest BCUT2D eigenvalue weighted by Crippen LogP contribution is 2.37. The molecule has 122 valence electrons. The normalized spacial score (nSPS) is 28.0. The van der Waals surface area contributed by atoms with E-state index in [9.17, 15) is 13.6 Å². The Morgan fingerprint density at radius 1 is 1.55 bits per heavy atom. The minimum absolute atomic E-state index is 0.128. The second-order valence-electron chi connectivity index (χ2n) is 6.04. The van der Waals surface area contributed by atoms with Gasteiger partial charge in [-0.05, 0) is 19.8 Å². The third-order valence-corrected chi connectivity index (χ3v) is 4.43. The lowest BCUT2D eigenvalue weighted by atomic mass is 9.89. The van der Waals surface area contributed by atoms with Crippen LogP contribution in [0.25, 0.3) is 0 Å². The predicted octanol–water partition coefficient (Wildman–Crippen LogP) is 2.24. The van der Waals surface area contributed by atoms with E-state index in [0.29, 0.717) is 13.0 Å². The number of carbonyl (C=O) groups excluding carboxylic acids is 1. The van der Waals surface area contributed by atoms with E-state index in [1.807, 2.05) is 13.1 Å². The van der Waals surface area contributed by atoms with Crippen molar-refractivity contribution < 1.29 is 18.3 Å². The van der Waals surface area contributed by atoms with Crippen molar-refractivity contribution in [2.24, 2.45) is 5.92 Å². The smallest absolute Gasteiger partial charge is 0.267 e. The fourth-order valence-electron chi connectivity index (χ4n) is 3.22. The molecular formula is C15H21F2N3O2. The van der Waals surface area contributed by atoms with E-state index in [1.54, 1.807) is 10.9 Å². The molecule has 1 aromatic rings. The standard InChI is InChI=1S/C15H21F2N3O2/c1-2-20-9-11(8-18-20)13-12(4-3-7-22-13)14(21)19-6-5-15(16,17)10-19/h8-9,12-13H,2-7,10H2,1H3/t12-,13+/m1/s1. The minimum Gasteiger partial charge on any atom is -0.373 e. The molecule has 2 fully saturated rings. The number of likely N-dealkylation sites (tertiary alicyclic amines) is 1. The van der Waals surface area contributed by atoms with Gasteiger partial charge in [0.15, 0.2) is 0 Å². The van der Waals surface area contributed by atoms with Crippen molar-refractivity contribution in [3.05, 3.63) is 18.0 Å². The molecule has 2 aliphatic rings. The molecular weight excluding hydrogens is 292 g/mol. The molecule has 0 radical (unpaired) electrons. The van der Waals surface area contributed by atoms with Crippen molar-refractivity contribution in [2.75, 3.05) is 19.7 Å².